The number of rotatable bonds is 10. The highest BCUT2D eigenvalue weighted by atomic mass is 32.2. The van der Waals surface area contributed by atoms with E-state index >= 15 is 0 Å². The number of hydrogen-bond acceptors (Lipinski definition) is 6. The van der Waals surface area contributed by atoms with Gasteiger partial charge in [0.15, 0.2) is 10.3 Å². The summed E-state index contributed by atoms with van der Waals surface area (Å²) < 4.78 is 4.34. The van der Waals surface area contributed by atoms with Gasteiger partial charge >= 0.3 is 0 Å². The van der Waals surface area contributed by atoms with Crippen LogP contribution in [0.5, 0.6) is 0 Å². The molecule has 4 aromatic rings. The summed E-state index contributed by atoms with van der Waals surface area (Å²) in [5.41, 5.74) is 2.24. The van der Waals surface area contributed by atoms with Crippen molar-refractivity contribution in [1.29, 1.82) is 0 Å². The maximum atomic E-state index is 4.45. The Balaban J connectivity index is 1.37. The van der Waals surface area contributed by atoms with E-state index in [2.05, 4.69) is 78.1 Å². The third-order valence-electron chi connectivity index (χ3n) is 5.10. The quantitative estimate of drug-likeness (QED) is 0.243. The molecule has 0 bridgehead atoms. The van der Waals surface area contributed by atoms with Gasteiger partial charge < -0.3 is 0 Å². The Kier molecular flexibility index (Phi) is 7.43. The van der Waals surface area contributed by atoms with Crippen molar-refractivity contribution < 1.29 is 0 Å². The zero-order valence-corrected chi connectivity index (χ0v) is 19.4. The van der Waals surface area contributed by atoms with Crippen molar-refractivity contribution >= 4 is 23.5 Å². The molecule has 0 fully saturated rings. The van der Waals surface area contributed by atoms with Crippen molar-refractivity contribution in [3.8, 4) is 11.4 Å². The molecule has 0 aliphatic carbocycles. The summed E-state index contributed by atoms with van der Waals surface area (Å²) in [7, 11) is 0. The third-order valence-corrected chi connectivity index (χ3v) is 6.35. The SMILES string of the molecule is CSc1nnc(CCCCCc2nnc(SC)n2-c2ccccc2)n1-c1ccccc1. The van der Waals surface area contributed by atoms with Crippen LogP contribution in [0, 0.1) is 0 Å². The van der Waals surface area contributed by atoms with E-state index in [1.54, 1.807) is 23.5 Å². The minimum atomic E-state index is 0.907. The molecule has 0 amide bonds. The minimum Gasteiger partial charge on any atom is -0.274 e. The van der Waals surface area contributed by atoms with Gasteiger partial charge in [0, 0.05) is 24.2 Å². The van der Waals surface area contributed by atoms with Crippen LogP contribution >= 0.6 is 23.5 Å². The topological polar surface area (TPSA) is 61.4 Å². The Morgan fingerprint density at radius 1 is 0.581 bits per heavy atom. The Labute approximate surface area is 191 Å². The van der Waals surface area contributed by atoms with Crippen molar-refractivity contribution in [3.63, 3.8) is 0 Å². The Bertz CT molecular complexity index is 1000. The average molecular weight is 451 g/mol. The highest BCUT2D eigenvalue weighted by Gasteiger charge is 2.14. The molecular weight excluding hydrogens is 424 g/mol. The van der Waals surface area contributed by atoms with Crippen LogP contribution in [0.25, 0.3) is 11.4 Å². The van der Waals surface area contributed by atoms with Gasteiger partial charge in [0.2, 0.25) is 0 Å². The Hall–Kier alpha value is -2.58. The molecule has 0 aliphatic rings. The molecule has 0 unspecified atom stereocenters. The smallest absolute Gasteiger partial charge is 0.195 e. The van der Waals surface area contributed by atoms with Crippen molar-refractivity contribution in [1.82, 2.24) is 29.5 Å². The fourth-order valence-corrected chi connectivity index (χ4v) is 4.64. The fourth-order valence-electron chi connectivity index (χ4n) is 3.60. The lowest BCUT2D eigenvalue weighted by Crippen LogP contribution is -2.04. The van der Waals surface area contributed by atoms with Crippen LogP contribution in [0.15, 0.2) is 71.0 Å². The predicted octanol–water partition coefficient (Wildman–Crippen LogP) is 5.25. The normalized spacial score (nSPS) is 11.2. The number of benzene rings is 2. The maximum Gasteiger partial charge on any atom is 0.195 e. The highest BCUT2D eigenvalue weighted by molar-refractivity contribution is 7.98. The van der Waals surface area contributed by atoms with E-state index in [1.807, 2.05) is 24.6 Å². The first kappa shape index (κ1) is 21.6. The number of aryl methyl sites for hydroxylation is 2. The van der Waals surface area contributed by atoms with Gasteiger partial charge in [0.05, 0.1) is 0 Å². The molecule has 160 valence electrons. The predicted molar refractivity (Wildman–Crippen MR) is 128 cm³/mol. The van der Waals surface area contributed by atoms with Crippen LogP contribution < -0.4 is 0 Å². The standard InChI is InChI=1S/C23H26N6S2/c1-30-22-26-24-20(28(22)18-12-6-3-7-13-18)16-10-5-11-17-21-25-27-23(31-2)29(21)19-14-8-4-9-15-19/h3-4,6-9,12-15H,5,10-11,16-17H2,1-2H3. The average Bonchev–Trinajstić information content (AvgIpc) is 3.43. The Morgan fingerprint density at radius 2 is 1.00 bits per heavy atom. The van der Waals surface area contributed by atoms with Gasteiger partial charge in [-0.15, -0.1) is 20.4 Å². The summed E-state index contributed by atoms with van der Waals surface area (Å²) >= 11 is 3.25. The summed E-state index contributed by atoms with van der Waals surface area (Å²) in [4.78, 5) is 0. The molecule has 0 N–H and O–H groups in total. The van der Waals surface area contributed by atoms with E-state index in [0.717, 1.165) is 65.4 Å². The molecular formula is C23H26N6S2. The van der Waals surface area contributed by atoms with Crippen molar-refractivity contribution in [2.24, 2.45) is 0 Å². The molecule has 4 rings (SSSR count). The van der Waals surface area contributed by atoms with Crippen LogP contribution in [0.4, 0.5) is 0 Å². The number of para-hydroxylation sites is 2. The monoisotopic (exact) mass is 450 g/mol. The lowest BCUT2D eigenvalue weighted by Gasteiger charge is -2.10. The second-order valence-electron chi connectivity index (χ2n) is 7.11. The summed E-state index contributed by atoms with van der Waals surface area (Å²) in [5, 5.41) is 19.5. The van der Waals surface area contributed by atoms with Crippen LogP contribution in [-0.4, -0.2) is 42.0 Å². The number of nitrogens with zero attached hydrogens (tertiary/aromatic N) is 6. The molecule has 31 heavy (non-hydrogen) atoms. The van der Waals surface area contributed by atoms with Crippen LogP contribution in [0.2, 0.25) is 0 Å². The Morgan fingerprint density at radius 3 is 1.39 bits per heavy atom. The molecule has 0 aliphatic heterocycles. The van der Waals surface area contributed by atoms with Crippen molar-refractivity contribution in [3.05, 3.63) is 72.3 Å². The number of hydrogen-bond donors (Lipinski definition) is 0. The summed E-state index contributed by atoms with van der Waals surface area (Å²) in [6.45, 7) is 0. The molecule has 0 saturated heterocycles. The number of thioether (sulfide) groups is 2. The number of unbranched alkanes of at least 4 members (excludes halogenated alkanes) is 2. The molecule has 2 aromatic heterocycles. The minimum absolute atomic E-state index is 0.907. The summed E-state index contributed by atoms with van der Waals surface area (Å²) in [6.07, 6.45) is 9.13. The first-order valence-corrected chi connectivity index (χ1v) is 12.8. The first-order chi connectivity index (χ1) is 15.3. The van der Waals surface area contributed by atoms with E-state index in [4.69, 9.17) is 0 Å². The molecule has 2 heterocycles. The van der Waals surface area contributed by atoms with E-state index in [0.29, 0.717) is 0 Å². The van der Waals surface area contributed by atoms with Crippen LogP contribution in [0.3, 0.4) is 0 Å². The molecule has 0 saturated carbocycles. The van der Waals surface area contributed by atoms with Gasteiger partial charge in [-0.2, -0.15) is 0 Å². The van der Waals surface area contributed by atoms with Gasteiger partial charge in [-0.3, -0.25) is 9.13 Å². The number of aromatic nitrogens is 6. The van der Waals surface area contributed by atoms with Gasteiger partial charge in [0.25, 0.3) is 0 Å². The summed E-state index contributed by atoms with van der Waals surface area (Å²) in [6, 6.07) is 20.7. The highest BCUT2D eigenvalue weighted by Crippen LogP contribution is 2.23. The zero-order valence-electron chi connectivity index (χ0n) is 17.8. The second-order valence-corrected chi connectivity index (χ2v) is 8.66. The molecule has 0 spiro atoms. The zero-order chi connectivity index (χ0) is 21.5. The van der Waals surface area contributed by atoms with Gasteiger partial charge in [-0.1, -0.05) is 66.3 Å². The molecule has 0 radical (unpaired) electrons. The molecule has 0 atom stereocenters. The van der Waals surface area contributed by atoms with E-state index in [1.165, 1.54) is 0 Å². The van der Waals surface area contributed by atoms with E-state index in [9.17, 15) is 0 Å². The first-order valence-electron chi connectivity index (χ1n) is 10.4. The molecule has 2 aromatic carbocycles. The van der Waals surface area contributed by atoms with Crippen molar-refractivity contribution in [2.75, 3.05) is 12.5 Å². The van der Waals surface area contributed by atoms with Gasteiger partial charge in [0.1, 0.15) is 11.6 Å². The maximum absolute atomic E-state index is 4.45. The van der Waals surface area contributed by atoms with E-state index < -0.39 is 0 Å². The van der Waals surface area contributed by atoms with Crippen molar-refractivity contribution in [2.45, 2.75) is 42.4 Å². The van der Waals surface area contributed by atoms with Gasteiger partial charge in [-0.05, 0) is 49.6 Å². The third kappa shape index (κ3) is 5.02. The lowest BCUT2D eigenvalue weighted by atomic mass is 10.1. The lowest BCUT2D eigenvalue weighted by molar-refractivity contribution is 0.634. The van der Waals surface area contributed by atoms with Crippen LogP contribution in [-0.2, 0) is 12.8 Å². The fraction of sp³-hybridized carbons (Fsp3) is 0.304. The summed E-state index contributed by atoms with van der Waals surface area (Å²) in [5.74, 6) is 2.04. The molecule has 8 heteroatoms. The molecule has 6 nitrogen and oxygen atoms in total. The largest absolute Gasteiger partial charge is 0.274 e. The second kappa shape index (κ2) is 10.6. The van der Waals surface area contributed by atoms with Gasteiger partial charge in [-0.25, -0.2) is 0 Å². The van der Waals surface area contributed by atoms with E-state index in [-0.39, 0.29) is 0 Å². The van der Waals surface area contributed by atoms with Crippen LogP contribution in [0.1, 0.15) is 30.9 Å².